The van der Waals surface area contributed by atoms with E-state index < -0.39 is 30.2 Å². The number of carboxylic acid groups (broad SMARTS) is 1. The van der Waals surface area contributed by atoms with Crippen LogP contribution in [-0.2, 0) is 9.31 Å². The van der Waals surface area contributed by atoms with Crippen molar-refractivity contribution in [3.63, 3.8) is 0 Å². The molecular formula is C27H29BFN3O5. The van der Waals surface area contributed by atoms with Crippen LogP contribution < -0.4 is 10.8 Å². The summed E-state index contributed by atoms with van der Waals surface area (Å²) in [5, 5.41) is 20.9. The maximum atomic E-state index is 14.6. The Labute approximate surface area is 215 Å². The van der Waals surface area contributed by atoms with Crippen LogP contribution in [0.4, 0.5) is 9.18 Å². The van der Waals surface area contributed by atoms with Gasteiger partial charge in [0.05, 0.1) is 28.8 Å². The fraction of sp³-hybridized carbons (Fsp3) is 0.444. The lowest BCUT2D eigenvalue weighted by atomic mass is 9.73. The molecule has 3 saturated heterocycles. The minimum Gasteiger partial charge on any atom is -0.465 e. The average molecular weight is 505 g/mol. The highest BCUT2D eigenvalue weighted by molar-refractivity contribution is 6.64. The molecule has 3 atom stereocenters. The van der Waals surface area contributed by atoms with Gasteiger partial charge in [0.1, 0.15) is 11.9 Å². The van der Waals surface area contributed by atoms with Gasteiger partial charge in [0.15, 0.2) is 0 Å². The van der Waals surface area contributed by atoms with Crippen LogP contribution in [0, 0.1) is 17.1 Å². The molecule has 3 aliphatic heterocycles. The molecule has 192 valence electrons. The van der Waals surface area contributed by atoms with Gasteiger partial charge in [-0.1, -0.05) is 12.1 Å². The number of nitrogens with zero attached hydrogens (tertiary/aromatic N) is 2. The molecular weight excluding hydrogens is 476 g/mol. The van der Waals surface area contributed by atoms with Crippen molar-refractivity contribution in [1.82, 2.24) is 10.2 Å². The van der Waals surface area contributed by atoms with Crippen molar-refractivity contribution in [3.05, 3.63) is 53.3 Å². The van der Waals surface area contributed by atoms with E-state index in [9.17, 15) is 24.3 Å². The molecule has 0 spiro atoms. The lowest BCUT2D eigenvalue weighted by Crippen LogP contribution is -2.45. The van der Waals surface area contributed by atoms with E-state index in [1.807, 2.05) is 33.8 Å². The molecule has 2 aromatic carbocycles. The molecule has 2 amide bonds. The minimum absolute atomic E-state index is 0.0343. The number of nitriles is 1. The largest absolute Gasteiger partial charge is 0.495 e. The Balaban J connectivity index is 1.54. The number of carbonyl (C=O) groups excluding carboxylic acids is 1. The molecule has 3 fully saturated rings. The van der Waals surface area contributed by atoms with Gasteiger partial charge in [-0.3, -0.25) is 4.79 Å². The lowest BCUT2D eigenvalue weighted by Gasteiger charge is -2.32. The molecule has 0 unspecified atom stereocenters. The normalized spacial score (nSPS) is 25.2. The molecule has 2 N–H and O–H groups in total. The Hall–Kier alpha value is -3.42. The van der Waals surface area contributed by atoms with Crippen LogP contribution in [0.15, 0.2) is 36.4 Å². The van der Waals surface area contributed by atoms with E-state index >= 15 is 0 Å². The van der Waals surface area contributed by atoms with E-state index in [1.54, 1.807) is 29.2 Å². The molecule has 5 rings (SSSR count). The summed E-state index contributed by atoms with van der Waals surface area (Å²) in [5.74, 6) is -0.852. The zero-order valence-electron chi connectivity index (χ0n) is 21.2. The third-order valence-electron chi connectivity index (χ3n) is 8.29. The number of hydrogen-bond donors (Lipinski definition) is 2. The molecule has 0 radical (unpaired) electrons. The number of fused-ring (bicyclic) bond motifs is 2. The summed E-state index contributed by atoms with van der Waals surface area (Å²) in [4.78, 5) is 26.7. The quantitative estimate of drug-likeness (QED) is 0.614. The lowest BCUT2D eigenvalue weighted by molar-refractivity contribution is 0.00578. The summed E-state index contributed by atoms with van der Waals surface area (Å²) in [6.07, 6.45) is 1.05. The Morgan fingerprint density at radius 1 is 1.14 bits per heavy atom. The molecule has 2 aromatic rings. The van der Waals surface area contributed by atoms with E-state index in [2.05, 4.69) is 5.32 Å². The van der Waals surface area contributed by atoms with Crippen molar-refractivity contribution in [2.45, 2.75) is 76.3 Å². The number of rotatable bonds is 4. The van der Waals surface area contributed by atoms with Gasteiger partial charge in [-0.05, 0) is 87.8 Å². The van der Waals surface area contributed by atoms with Gasteiger partial charge in [-0.15, -0.1) is 0 Å². The second kappa shape index (κ2) is 8.86. The number of nitrogens with one attached hydrogen (secondary N) is 1. The number of amides is 2. The van der Waals surface area contributed by atoms with Gasteiger partial charge in [0, 0.05) is 11.6 Å². The van der Waals surface area contributed by atoms with Gasteiger partial charge in [0.2, 0.25) is 0 Å². The maximum Gasteiger partial charge on any atom is 0.495 e. The predicted molar refractivity (Wildman–Crippen MR) is 135 cm³/mol. The van der Waals surface area contributed by atoms with Crippen LogP contribution in [0.25, 0.3) is 11.1 Å². The molecule has 0 aromatic heterocycles. The summed E-state index contributed by atoms with van der Waals surface area (Å²) in [7, 11) is -0.741. The summed E-state index contributed by atoms with van der Waals surface area (Å²) in [6.45, 7) is 7.76. The molecule has 3 aliphatic rings. The maximum absolute atomic E-state index is 14.6. The third-order valence-corrected chi connectivity index (χ3v) is 8.29. The Kier molecular flexibility index (Phi) is 6.04. The zero-order valence-corrected chi connectivity index (χ0v) is 21.2. The fourth-order valence-electron chi connectivity index (χ4n) is 5.66. The van der Waals surface area contributed by atoms with Crippen LogP contribution in [0.2, 0.25) is 0 Å². The fourth-order valence-corrected chi connectivity index (χ4v) is 5.66. The van der Waals surface area contributed by atoms with Gasteiger partial charge >= 0.3 is 13.2 Å². The molecule has 3 heterocycles. The predicted octanol–water partition coefficient (Wildman–Crippen LogP) is 3.68. The number of halogens is 1. The first kappa shape index (κ1) is 25.2. The van der Waals surface area contributed by atoms with Crippen LogP contribution in [0.1, 0.15) is 62.9 Å². The van der Waals surface area contributed by atoms with E-state index in [0.717, 1.165) is 12.8 Å². The highest BCUT2D eigenvalue weighted by Gasteiger charge is 2.53. The molecule has 2 bridgehead atoms. The molecule has 0 saturated carbocycles. The van der Waals surface area contributed by atoms with Crippen LogP contribution in [0.3, 0.4) is 0 Å². The van der Waals surface area contributed by atoms with E-state index in [4.69, 9.17) is 9.31 Å². The van der Waals surface area contributed by atoms with Crippen molar-refractivity contribution in [3.8, 4) is 17.2 Å². The first-order valence-electron chi connectivity index (χ1n) is 12.4. The molecule has 8 nitrogen and oxygen atoms in total. The highest BCUT2D eigenvalue weighted by Crippen LogP contribution is 2.40. The monoisotopic (exact) mass is 505 g/mol. The second-order valence-corrected chi connectivity index (χ2v) is 11.0. The van der Waals surface area contributed by atoms with Crippen molar-refractivity contribution in [2.24, 2.45) is 0 Å². The standard InChI is InChI=1S/C27H29BFN3O5/c1-26(2)27(3,4)37-28(36-26)20-9-7-16(11-19(20)15-5-6-17(14-30)21(29)12-15)24(33)32-18-8-10-23(32)22(13-18)31-25(34)35/h5-7,9,11-12,18,22-23,31H,8,10,13H2,1-4H3,(H,34,35)/t18-,22+,23+/m1/s1. The zero-order chi connectivity index (χ0) is 26.7. The van der Waals surface area contributed by atoms with Gasteiger partial charge < -0.3 is 24.6 Å². The van der Waals surface area contributed by atoms with Gasteiger partial charge in [-0.25, -0.2) is 9.18 Å². The first-order valence-corrected chi connectivity index (χ1v) is 12.4. The van der Waals surface area contributed by atoms with Crippen molar-refractivity contribution < 1.29 is 28.4 Å². The Morgan fingerprint density at radius 3 is 2.46 bits per heavy atom. The number of carbonyl (C=O) groups is 2. The molecule has 37 heavy (non-hydrogen) atoms. The molecule has 0 aliphatic carbocycles. The topological polar surface area (TPSA) is 112 Å². The smallest absolute Gasteiger partial charge is 0.465 e. The minimum atomic E-state index is -1.10. The summed E-state index contributed by atoms with van der Waals surface area (Å²) in [5.41, 5.74) is 0.853. The number of benzene rings is 2. The number of hydrogen-bond acceptors (Lipinski definition) is 5. The first-order chi connectivity index (χ1) is 17.4. The molecule has 10 heteroatoms. The van der Waals surface area contributed by atoms with Gasteiger partial charge in [0.25, 0.3) is 5.91 Å². The van der Waals surface area contributed by atoms with Crippen LogP contribution in [-0.4, -0.2) is 58.5 Å². The second-order valence-electron chi connectivity index (χ2n) is 11.0. The highest BCUT2D eigenvalue weighted by atomic mass is 19.1. The van der Waals surface area contributed by atoms with Crippen LogP contribution in [0.5, 0.6) is 0 Å². The summed E-state index contributed by atoms with van der Waals surface area (Å²) >= 11 is 0. The average Bonchev–Trinajstić information content (AvgIpc) is 3.46. The van der Waals surface area contributed by atoms with Crippen LogP contribution >= 0.6 is 0 Å². The SMILES string of the molecule is CC1(C)OB(c2ccc(C(=O)N3[C@@H]4CC[C@H]3[C@@H](NC(=O)O)C4)cc2-c2ccc(C#N)c(F)c2)OC1(C)C. The summed E-state index contributed by atoms with van der Waals surface area (Å²) in [6, 6.07) is 10.8. The van der Waals surface area contributed by atoms with Crippen molar-refractivity contribution in [1.29, 1.82) is 5.26 Å². The van der Waals surface area contributed by atoms with Crippen molar-refractivity contribution in [2.75, 3.05) is 0 Å². The van der Waals surface area contributed by atoms with E-state index in [1.165, 1.54) is 12.1 Å². The van der Waals surface area contributed by atoms with E-state index in [0.29, 0.717) is 28.6 Å². The Bertz CT molecular complexity index is 1310. The van der Waals surface area contributed by atoms with Gasteiger partial charge in [-0.2, -0.15) is 5.26 Å². The van der Waals surface area contributed by atoms with Crippen molar-refractivity contribution >= 4 is 24.6 Å². The Morgan fingerprint density at radius 2 is 1.84 bits per heavy atom. The summed E-state index contributed by atoms with van der Waals surface area (Å²) < 4.78 is 27.1. The van der Waals surface area contributed by atoms with E-state index in [-0.39, 0.29) is 29.6 Å². The third kappa shape index (κ3) is 4.26.